The van der Waals surface area contributed by atoms with Gasteiger partial charge in [-0.2, -0.15) is 0 Å². The first-order valence-electron chi connectivity index (χ1n) is 4.61. The molecule has 1 atom stereocenters. The molecule has 1 aromatic rings. The van der Waals surface area contributed by atoms with Crippen molar-refractivity contribution in [3.05, 3.63) is 48.0 Å². The molecule has 0 aliphatic rings. The Labute approximate surface area is 85.1 Å². The van der Waals surface area contributed by atoms with Crippen molar-refractivity contribution in [2.75, 3.05) is 0 Å². The van der Waals surface area contributed by atoms with Crippen molar-refractivity contribution in [2.45, 2.75) is 18.9 Å². The van der Waals surface area contributed by atoms with Crippen LogP contribution >= 0.6 is 0 Å². The summed E-state index contributed by atoms with van der Waals surface area (Å²) in [4.78, 5) is 0. The molecule has 0 saturated heterocycles. The third-order valence-corrected chi connectivity index (χ3v) is 2.11. The minimum absolute atomic E-state index is 0.443. The van der Waals surface area contributed by atoms with Crippen LogP contribution in [0.1, 0.15) is 24.5 Å². The Morgan fingerprint density at radius 3 is 2.64 bits per heavy atom. The van der Waals surface area contributed by atoms with E-state index in [0.717, 1.165) is 11.1 Å². The molecule has 0 saturated carbocycles. The first kappa shape index (κ1) is 10.6. The third-order valence-electron chi connectivity index (χ3n) is 2.11. The fraction of sp³-hybridized carbons (Fsp3) is 0.231. The molecule has 0 fully saturated rings. The lowest BCUT2D eigenvalue weighted by Crippen LogP contribution is -1.97. The van der Waals surface area contributed by atoms with Crippen LogP contribution in [0.5, 0.6) is 0 Å². The first-order chi connectivity index (χ1) is 6.74. The second kappa shape index (κ2) is 5.26. The Bertz CT molecular complexity index is 332. The summed E-state index contributed by atoms with van der Waals surface area (Å²) in [6.45, 7) is 3.69. The van der Waals surface area contributed by atoms with Crippen molar-refractivity contribution in [3.8, 4) is 12.3 Å². The third kappa shape index (κ3) is 3.08. The molecule has 0 amide bonds. The SMILES string of the molecule is C#CC(=C)CCC(O)c1ccccc1. The van der Waals surface area contributed by atoms with E-state index in [-0.39, 0.29) is 0 Å². The van der Waals surface area contributed by atoms with Gasteiger partial charge < -0.3 is 5.11 Å². The number of allylic oxidation sites excluding steroid dienone is 1. The van der Waals surface area contributed by atoms with E-state index in [1.807, 2.05) is 30.3 Å². The van der Waals surface area contributed by atoms with Gasteiger partial charge in [0.2, 0.25) is 0 Å². The Hall–Kier alpha value is -1.52. The fourth-order valence-corrected chi connectivity index (χ4v) is 1.22. The predicted molar refractivity (Wildman–Crippen MR) is 58.6 cm³/mol. The molecule has 0 radical (unpaired) electrons. The van der Waals surface area contributed by atoms with Gasteiger partial charge in [-0.25, -0.2) is 0 Å². The topological polar surface area (TPSA) is 20.2 Å². The van der Waals surface area contributed by atoms with Gasteiger partial charge in [0.25, 0.3) is 0 Å². The molecule has 14 heavy (non-hydrogen) atoms. The molecule has 0 spiro atoms. The monoisotopic (exact) mass is 186 g/mol. The van der Waals surface area contributed by atoms with E-state index in [1.54, 1.807) is 0 Å². The second-order valence-electron chi connectivity index (χ2n) is 3.21. The van der Waals surface area contributed by atoms with E-state index in [4.69, 9.17) is 6.42 Å². The number of hydrogen-bond donors (Lipinski definition) is 1. The summed E-state index contributed by atoms with van der Waals surface area (Å²) < 4.78 is 0. The highest BCUT2D eigenvalue weighted by Gasteiger charge is 2.06. The highest BCUT2D eigenvalue weighted by atomic mass is 16.3. The normalized spacial score (nSPS) is 11.7. The average Bonchev–Trinajstić information content (AvgIpc) is 2.26. The summed E-state index contributed by atoms with van der Waals surface area (Å²) in [6, 6.07) is 9.56. The first-order valence-corrected chi connectivity index (χ1v) is 4.61. The zero-order valence-electron chi connectivity index (χ0n) is 8.11. The Balaban J connectivity index is 2.48. The highest BCUT2D eigenvalue weighted by Crippen LogP contribution is 2.19. The summed E-state index contributed by atoms with van der Waals surface area (Å²) in [6.07, 6.45) is 6.03. The van der Waals surface area contributed by atoms with Crippen LogP contribution in [0, 0.1) is 12.3 Å². The van der Waals surface area contributed by atoms with E-state index in [9.17, 15) is 5.11 Å². The van der Waals surface area contributed by atoms with Gasteiger partial charge in [0.15, 0.2) is 0 Å². The molecular weight excluding hydrogens is 172 g/mol. The van der Waals surface area contributed by atoms with E-state index < -0.39 is 6.10 Å². The van der Waals surface area contributed by atoms with Gasteiger partial charge in [0.05, 0.1) is 6.10 Å². The van der Waals surface area contributed by atoms with Crippen molar-refractivity contribution in [1.82, 2.24) is 0 Å². The van der Waals surface area contributed by atoms with Crippen LogP contribution in [0.2, 0.25) is 0 Å². The van der Waals surface area contributed by atoms with Gasteiger partial charge in [0, 0.05) is 0 Å². The molecule has 0 bridgehead atoms. The van der Waals surface area contributed by atoms with E-state index >= 15 is 0 Å². The van der Waals surface area contributed by atoms with Crippen LogP contribution in [0.15, 0.2) is 42.5 Å². The smallest absolute Gasteiger partial charge is 0.0793 e. The summed E-state index contributed by atoms with van der Waals surface area (Å²) in [5.41, 5.74) is 1.66. The van der Waals surface area contributed by atoms with Crippen LogP contribution in [0.3, 0.4) is 0 Å². The van der Waals surface area contributed by atoms with Crippen molar-refractivity contribution in [2.24, 2.45) is 0 Å². The van der Waals surface area contributed by atoms with Crippen molar-refractivity contribution in [3.63, 3.8) is 0 Å². The standard InChI is InChI=1S/C13H14O/c1-3-11(2)9-10-13(14)12-7-5-4-6-8-12/h1,4-8,13-14H,2,9-10H2. The van der Waals surface area contributed by atoms with E-state index in [2.05, 4.69) is 12.5 Å². The van der Waals surface area contributed by atoms with Crippen molar-refractivity contribution in [1.29, 1.82) is 0 Å². The molecule has 0 aliphatic carbocycles. The minimum atomic E-state index is -0.443. The molecule has 72 valence electrons. The lowest BCUT2D eigenvalue weighted by molar-refractivity contribution is 0.168. The molecular formula is C13H14O. The molecule has 1 unspecified atom stereocenters. The summed E-state index contributed by atoms with van der Waals surface area (Å²) in [5.74, 6) is 2.47. The van der Waals surface area contributed by atoms with Gasteiger partial charge >= 0.3 is 0 Å². The number of benzene rings is 1. The number of aliphatic hydroxyl groups excluding tert-OH is 1. The van der Waals surface area contributed by atoms with Gasteiger partial charge in [-0.1, -0.05) is 42.8 Å². The number of aliphatic hydroxyl groups is 1. The van der Waals surface area contributed by atoms with Crippen LogP contribution in [0.25, 0.3) is 0 Å². The van der Waals surface area contributed by atoms with Crippen LogP contribution in [0.4, 0.5) is 0 Å². The predicted octanol–water partition coefficient (Wildman–Crippen LogP) is 2.69. The number of terminal acetylenes is 1. The highest BCUT2D eigenvalue weighted by molar-refractivity contribution is 5.22. The molecule has 1 rings (SSSR count). The molecule has 0 aliphatic heterocycles. The van der Waals surface area contributed by atoms with Crippen LogP contribution < -0.4 is 0 Å². The van der Waals surface area contributed by atoms with Crippen molar-refractivity contribution < 1.29 is 5.11 Å². The molecule has 0 heterocycles. The quantitative estimate of drug-likeness (QED) is 0.717. The van der Waals surface area contributed by atoms with E-state index in [1.165, 1.54) is 0 Å². The Kier molecular flexibility index (Phi) is 3.97. The van der Waals surface area contributed by atoms with Gasteiger partial charge in [-0.15, -0.1) is 6.42 Å². The summed E-state index contributed by atoms with van der Waals surface area (Å²) in [5, 5.41) is 9.76. The lowest BCUT2D eigenvalue weighted by atomic mass is 10.0. The maximum Gasteiger partial charge on any atom is 0.0793 e. The minimum Gasteiger partial charge on any atom is -0.388 e. The number of hydrogen-bond acceptors (Lipinski definition) is 1. The average molecular weight is 186 g/mol. The number of rotatable bonds is 4. The maximum atomic E-state index is 9.76. The zero-order chi connectivity index (χ0) is 10.4. The Morgan fingerprint density at radius 2 is 2.07 bits per heavy atom. The lowest BCUT2D eigenvalue weighted by Gasteiger charge is -2.09. The van der Waals surface area contributed by atoms with Gasteiger partial charge in [0.1, 0.15) is 0 Å². The molecule has 1 heteroatoms. The van der Waals surface area contributed by atoms with Crippen LogP contribution in [-0.2, 0) is 0 Å². The maximum absolute atomic E-state index is 9.76. The van der Waals surface area contributed by atoms with Gasteiger partial charge in [-0.05, 0) is 24.0 Å². The largest absolute Gasteiger partial charge is 0.388 e. The Morgan fingerprint density at radius 1 is 1.43 bits per heavy atom. The molecule has 1 nitrogen and oxygen atoms in total. The van der Waals surface area contributed by atoms with Crippen LogP contribution in [-0.4, -0.2) is 5.11 Å². The molecule has 1 aromatic carbocycles. The van der Waals surface area contributed by atoms with Gasteiger partial charge in [-0.3, -0.25) is 0 Å². The summed E-state index contributed by atoms with van der Waals surface area (Å²) >= 11 is 0. The van der Waals surface area contributed by atoms with E-state index in [0.29, 0.717) is 12.8 Å². The summed E-state index contributed by atoms with van der Waals surface area (Å²) in [7, 11) is 0. The second-order valence-corrected chi connectivity index (χ2v) is 3.21. The zero-order valence-corrected chi connectivity index (χ0v) is 8.11. The molecule has 1 N–H and O–H groups in total. The fourth-order valence-electron chi connectivity index (χ4n) is 1.22. The van der Waals surface area contributed by atoms with Crippen molar-refractivity contribution >= 4 is 0 Å². The molecule has 0 aromatic heterocycles.